The van der Waals surface area contributed by atoms with E-state index in [2.05, 4.69) is 131 Å². The smallest absolute Gasteiger partial charge is 0.104 e. The molecule has 0 saturated heterocycles. The topological polar surface area (TPSA) is 29.0 Å². The fraction of sp³-hybridized carbons (Fsp3) is 0.158. The molecule has 2 unspecified atom stereocenters. The van der Waals surface area contributed by atoms with Gasteiger partial charge in [-0.1, -0.05) is 96.9 Å². The van der Waals surface area contributed by atoms with Crippen LogP contribution in [0, 0.1) is 6.92 Å². The first-order valence-corrected chi connectivity index (χ1v) is 15.6. The number of fused-ring (bicyclic) bond motifs is 4. The molecule has 0 amide bonds. The number of rotatable bonds is 4. The van der Waals surface area contributed by atoms with Crippen LogP contribution in [0.25, 0.3) is 44.7 Å². The number of benzene rings is 5. The SMILES string of the molecule is Cc1ccc(N2c3ccc(-c4ccc(Br)c5nc(-c6ccccc6)c(-c6ccccc6)nc45)cc3C3CCCC32)cc1. The van der Waals surface area contributed by atoms with Crippen LogP contribution in [-0.4, -0.2) is 16.0 Å². The third-order valence-electron chi connectivity index (χ3n) is 8.99. The van der Waals surface area contributed by atoms with Crippen molar-refractivity contribution in [3.8, 4) is 33.6 Å². The van der Waals surface area contributed by atoms with Gasteiger partial charge in [0.05, 0.1) is 16.9 Å². The quantitative estimate of drug-likeness (QED) is 0.199. The molecule has 1 aliphatic carbocycles. The van der Waals surface area contributed by atoms with Gasteiger partial charge in [0, 0.05) is 44.5 Å². The Morgan fingerprint density at radius 2 is 1.33 bits per heavy atom. The summed E-state index contributed by atoms with van der Waals surface area (Å²) in [6.45, 7) is 2.16. The molecule has 1 aliphatic heterocycles. The molecular formula is C38H30BrN3. The van der Waals surface area contributed by atoms with E-state index in [1.165, 1.54) is 47.3 Å². The molecule has 0 radical (unpaired) electrons. The minimum atomic E-state index is 0.525. The van der Waals surface area contributed by atoms with Crippen molar-refractivity contribution in [2.45, 2.75) is 38.1 Å². The largest absolute Gasteiger partial charge is 0.338 e. The molecule has 0 spiro atoms. The van der Waals surface area contributed by atoms with E-state index in [4.69, 9.17) is 9.97 Å². The molecule has 1 aromatic heterocycles. The van der Waals surface area contributed by atoms with Gasteiger partial charge in [-0.2, -0.15) is 0 Å². The van der Waals surface area contributed by atoms with Crippen LogP contribution in [0.5, 0.6) is 0 Å². The Bertz CT molecular complexity index is 1930. The average Bonchev–Trinajstić information content (AvgIpc) is 3.63. The van der Waals surface area contributed by atoms with Gasteiger partial charge in [0.1, 0.15) is 5.52 Å². The van der Waals surface area contributed by atoms with Crippen molar-refractivity contribution in [3.05, 3.63) is 131 Å². The van der Waals surface area contributed by atoms with Crippen molar-refractivity contribution in [2.24, 2.45) is 0 Å². The molecule has 42 heavy (non-hydrogen) atoms. The molecule has 2 atom stereocenters. The lowest BCUT2D eigenvalue weighted by Gasteiger charge is -2.27. The van der Waals surface area contributed by atoms with E-state index in [1.54, 1.807) is 0 Å². The van der Waals surface area contributed by atoms with Crippen LogP contribution in [-0.2, 0) is 0 Å². The highest BCUT2D eigenvalue weighted by Gasteiger charge is 2.42. The molecule has 204 valence electrons. The van der Waals surface area contributed by atoms with Gasteiger partial charge in [0.15, 0.2) is 0 Å². The van der Waals surface area contributed by atoms with Gasteiger partial charge in [-0.05, 0) is 77.2 Å². The molecule has 4 heteroatoms. The number of aryl methyl sites for hydroxylation is 1. The Balaban J connectivity index is 1.31. The summed E-state index contributed by atoms with van der Waals surface area (Å²) in [7, 11) is 0. The van der Waals surface area contributed by atoms with Gasteiger partial charge in [-0.15, -0.1) is 0 Å². The maximum absolute atomic E-state index is 5.39. The van der Waals surface area contributed by atoms with Crippen molar-refractivity contribution in [2.75, 3.05) is 4.90 Å². The highest BCUT2D eigenvalue weighted by molar-refractivity contribution is 9.10. The summed E-state index contributed by atoms with van der Waals surface area (Å²) < 4.78 is 0.952. The lowest BCUT2D eigenvalue weighted by atomic mass is 9.93. The number of nitrogens with zero attached hydrogens (tertiary/aromatic N) is 3. The molecule has 5 aromatic carbocycles. The number of hydrogen-bond donors (Lipinski definition) is 0. The second-order valence-electron chi connectivity index (χ2n) is 11.5. The second-order valence-corrected chi connectivity index (χ2v) is 12.4. The van der Waals surface area contributed by atoms with Crippen LogP contribution >= 0.6 is 15.9 Å². The van der Waals surface area contributed by atoms with E-state index >= 15 is 0 Å². The first kappa shape index (κ1) is 25.4. The lowest BCUT2D eigenvalue weighted by molar-refractivity contribution is 0.642. The van der Waals surface area contributed by atoms with Gasteiger partial charge in [-0.25, -0.2) is 9.97 Å². The summed E-state index contributed by atoms with van der Waals surface area (Å²) in [5, 5.41) is 0. The molecular weight excluding hydrogens is 578 g/mol. The van der Waals surface area contributed by atoms with Gasteiger partial charge < -0.3 is 4.90 Å². The second kappa shape index (κ2) is 10.2. The standard InChI is InChI=1S/C38H30BrN3/c1-24-15-18-28(19-16-24)42-33-14-8-13-30(33)31-23-27(17-22-34(31)42)29-20-21-32(39)38-37(29)40-35(25-9-4-2-5-10-25)36(41-38)26-11-6-3-7-12-26/h2-7,9-12,15-23,30,33H,8,13-14H2,1H3. The van der Waals surface area contributed by atoms with Crippen molar-refractivity contribution in [1.82, 2.24) is 9.97 Å². The van der Waals surface area contributed by atoms with Crippen molar-refractivity contribution in [3.63, 3.8) is 0 Å². The predicted molar refractivity (Wildman–Crippen MR) is 177 cm³/mol. The zero-order chi connectivity index (χ0) is 28.2. The third kappa shape index (κ3) is 4.16. The summed E-state index contributed by atoms with van der Waals surface area (Å²) in [6.07, 6.45) is 3.75. The highest BCUT2D eigenvalue weighted by Crippen LogP contribution is 2.53. The summed E-state index contributed by atoms with van der Waals surface area (Å²) in [5.74, 6) is 0.554. The summed E-state index contributed by atoms with van der Waals surface area (Å²) >= 11 is 3.81. The fourth-order valence-corrected chi connectivity index (χ4v) is 7.41. The van der Waals surface area contributed by atoms with Crippen molar-refractivity contribution < 1.29 is 0 Å². The van der Waals surface area contributed by atoms with E-state index in [9.17, 15) is 0 Å². The van der Waals surface area contributed by atoms with Gasteiger partial charge in [0.2, 0.25) is 0 Å². The van der Waals surface area contributed by atoms with Crippen molar-refractivity contribution >= 4 is 38.3 Å². The Kier molecular flexibility index (Phi) is 6.19. The molecule has 2 heterocycles. The maximum atomic E-state index is 5.39. The maximum Gasteiger partial charge on any atom is 0.104 e. The molecule has 2 aliphatic rings. The predicted octanol–water partition coefficient (Wildman–Crippen LogP) is 10.5. The molecule has 0 N–H and O–H groups in total. The van der Waals surface area contributed by atoms with Crippen LogP contribution in [0.15, 0.2) is 120 Å². The van der Waals surface area contributed by atoms with Crippen LogP contribution in [0.1, 0.15) is 36.3 Å². The number of halogens is 1. The zero-order valence-corrected chi connectivity index (χ0v) is 25.1. The van der Waals surface area contributed by atoms with Gasteiger partial charge in [0.25, 0.3) is 0 Å². The number of anilines is 2. The number of hydrogen-bond acceptors (Lipinski definition) is 3. The Labute approximate surface area is 255 Å². The summed E-state index contributed by atoms with van der Waals surface area (Å²) in [6, 6.07) is 41.7. The zero-order valence-electron chi connectivity index (χ0n) is 23.5. The monoisotopic (exact) mass is 607 g/mol. The molecule has 0 bridgehead atoms. The first-order chi connectivity index (χ1) is 20.7. The fourth-order valence-electron chi connectivity index (χ4n) is 7.00. The van der Waals surface area contributed by atoms with Crippen LogP contribution in [0.3, 0.4) is 0 Å². The van der Waals surface area contributed by atoms with Crippen LogP contribution in [0.2, 0.25) is 0 Å². The van der Waals surface area contributed by atoms with E-state index in [1.807, 2.05) is 12.1 Å². The first-order valence-electron chi connectivity index (χ1n) is 14.8. The molecule has 6 aromatic rings. The van der Waals surface area contributed by atoms with E-state index in [-0.39, 0.29) is 0 Å². The van der Waals surface area contributed by atoms with E-state index in [0.717, 1.165) is 43.6 Å². The third-order valence-corrected chi connectivity index (χ3v) is 9.63. The van der Waals surface area contributed by atoms with Gasteiger partial charge in [-0.3, -0.25) is 0 Å². The lowest BCUT2D eigenvalue weighted by Crippen LogP contribution is -2.26. The molecule has 1 fully saturated rings. The molecule has 3 nitrogen and oxygen atoms in total. The van der Waals surface area contributed by atoms with Gasteiger partial charge >= 0.3 is 0 Å². The number of aromatic nitrogens is 2. The summed E-state index contributed by atoms with van der Waals surface area (Å²) in [5.41, 5.74) is 13.4. The van der Waals surface area contributed by atoms with Crippen molar-refractivity contribution in [1.29, 1.82) is 0 Å². The van der Waals surface area contributed by atoms with Crippen LogP contribution < -0.4 is 4.90 Å². The van der Waals surface area contributed by atoms with E-state index < -0.39 is 0 Å². The normalized spacial score (nSPS) is 17.4. The summed E-state index contributed by atoms with van der Waals surface area (Å²) in [4.78, 5) is 13.3. The minimum absolute atomic E-state index is 0.525. The van der Waals surface area contributed by atoms with Crippen LogP contribution in [0.4, 0.5) is 11.4 Å². The Hall–Kier alpha value is -4.28. The Morgan fingerprint density at radius 1 is 0.667 bits per heavy atom. The Morgan fingerprint density at radius 3 is 2.02 bits per heavy atom. The van der Waals surface area contributed by atoms with E-state index in [0.29, 0.717) is 12.0 Å². The minimum Gasteiger partial charge on any atom is -0.338 e. The average molecular weight is 609 g/mol. The highest BCUT2D eigenvalue weighted by atomic mass is 79.9. The molecule has 1 saturated carbocycles. The molecule has 8 rings (SSSR count).